The number of methoxy groups -OCH3 is 1. The molecule has 0 amide bonds. The van der Waals surface area contributed by atoms with Crippen LogP contribution in [0.15, 0.2) is 16.5 Å². The van der Waals surface area contributed by atoms with Crippen LogP contribution >= 0.6 is 0 Å². The van der Waals surface area contributed by atoms with Crippen molar-refractivity contribution in [1.29, 1.82) is 0 Å². The van der Waals surface area contributed by atoms with E-state index in [2.05, 4.69) is 31.3 Å². The molecule has 0 bridgehead atoms. The Morgan fingerprint density at radius 1 is 1.29 bits per heavy atom. The molecule has 0 radical (unpaired) electrons. The number of aryl methyl sites for hydroxylation is 1. The molecule has 2 aromatic rings. The summed E-state index contributed by atoms with van der Waals surface area (Å²) in [4.78, 5) is 0. The van der Waals surface area contributed by atoms with Gasteiger partial charge in [0.1, 0.15) is 5.76 Å². The molecule has 1 aromatic heterocycles. The lowest BCUT2D eigenvalue weighted by molar-refractivity contribution is 0.405. The molecular weight excluding hydrogens is 262 g/mol. The van der Waals surface area contributed by atoms with Gasteiger partial charge in [0.15, 0.2) is 11.3 Å². The molecule has 1 aliphatic rings. The monoisotopic (exact) mass is 287 g/mol. The Hall–Kier alpha value is -1.48. The smallest absolute Gasteiger partial charge is 0.176 e. The predicted molar refractivity (Wildman–Crippen MR) is 86.1 cm³/mol. The van der Waals surface area contributed by atoms with Gasteiger partial charge in [-0.05, 0) is 55.8 Å². The summed E-state index contributed by atoms with van der Waals surface area (Å²) >= 11 is 0. The van der Waals surface area contributed by atoms with Crippen LogP contribution in [-0.4, -0.2) is 13.7 Å². The van der Waals surface area contributed by atoms with Gasteiger partial charge in [-0.15, -0.1) is 0 Å². The van der Waals surface area contributed by atoms with Gasteiger partial charge in [-0.1, -0.05) is 13.8 Å². The molecule has 1 fully saturated rings. The summed E-state index contributed by atoms with van der Waals surface area (Å²) in [6.07, 6.45) is 4.73. The maximum atomic E-state index is 6.18. The Morgan fingerprint density at radius 2 is 2.10 bits per heavy atom. The maximum absolute atomic E-state index is 6.18. The molecule has 1 aromatic carbocycles. The fourth-order valence-electron chi connectivity index (χ4n) is 2.98. The van der Waals surface area contributed by atoms with E-state index in [1.807, 2.05) is 0 Å². The highest BCUT2D eigenvalue weighted by Gasteiger charge is 2.31. The molecule has 114 valence electrons. The average molecular weight is 287 g/mol. The van der Waals surface area contributed by atoms with Crippen molar-refractivity contribution in [2.75, 3.05) is 13.7 Å². The minimum atomic E-state index is 0.682. The lowest BCUT2D eigenvalue weighted by Gasteiger charge is -2.04. The quantitative estimate of drug-likeness (QED) is 0.767. The second-order valence-electron chi connectivity index (χ2n) is 5.92. The van der Waals surface area contributed by atoms with Crippen molar-refractivity contribution >= 4 is 11.0 Å². The molecule has 1 aliphatic carbocycles. The third kappa shape index (κ3) is 2.80. The number of furan rings is 1. The van der Waals surface area contributed by atoms with Crippen LogP contribution < -0.4 is 10.1 Å². The topological polar surface area (TPSA) is 34.4 Å². The summed E-state index contributed by atoms with van der Waals surface area (Å²) in [7, 11) is 1.72. The fourth-order valence-corrected chi connectivity index (χ4v) is 2.98. The van der Waals surface area contributed by atoms with Gasteiger partial charge in [0.05, 0.1) is 13.7 Å². The van der Waals surface area contributed by atoms with Crippen LogP contribution in [-0.2, 0) is 13.0 Å². The van der Waals surface area contributed by atoms with Crippen molar-refractivity contribution in [3.05, 3.63) is 29.0 Å². The van der Waals surface area contributed by atoms with Crippen LogP contribution in [0.5, 0.6) is 5.75 Å². The number of rotatable bonds is 7. The number of hydrogen-bond donors (Lipinski definition) is 1. The second-order valence-corrected chi connectivity index (χ2v) is 5.92. The molecule has 21 heavy (non-hydrogen) atoms. The van der Waals surface area contributed by atoms with Crippen LogP contribution in [0.25, 0.3) is 11.0 Å². The molecule has 0 saturated heterocycles. The maximum Gasteiger partial charge on any atom is 0.176 e. The first-order chi connectivity index (χ1) is 10.3. The van der Waals surface area contributed by atoms with E-state index in [0.717, 1.165) is 43.0 Å². The highest BCUT2D eigenvalue weighted by molar-refractivity contribution is 5.89. The largest absolute Gasteiger partial charge is 0.493 e. The number of hydrogen-bond acceptors (Lipinski definition) is 3. The Bertz CT molecular complexity index is 626. The molecule has 3 heteroatoms. The van der Waals surface area contributed by atoms with Crippen LogP contribution in [0, 0.1) is 0 Å². The zero-order chi connectivity index (χ0) is 14.8. The SMILES string of the molecule is CCCNCc1oc2c(OC)cc(CC)cc2c1C1CC1. The Balaban J connectivity index is 2.07. The third-order valence-electron chi connectivity index (χ3n) is 4.26. The van der Waals surface area contributed by atoms with Gasteiger partial charge in [-0.25, -0.2) is 0 Å². The number of nitrogens with one attached hydrogen (secondary N) is 1. The molecule has 0 aliphatic heterocycles. The number of fused-ring (bicyclic) bond motifs is 1. The zero-order valence-electron chi connectivity index (χ0n) is 13.3. The Kier molecular flexibility index (Phi) is 4.20. The number of benzene rings is 1. The van der Waals surface area contributed by atoms with Gasteiger partial charge in [-0.3, -0.25) is 0 Å². The molecule has 0 atom stereocenters. The summed E-state index contributed by atoms with van der Waals surface area (Å²) in [5.41, 5.74) is 3.65. The van der Waals surface area contributed by atoms with E-state index in [-0.39, 0.29) is 0 Å². The zero-order valence-corrected chi connectivity index (χ0v) is 13.3. The van der Waals surface area contributed by atoms with E-state index in [1.165, 1.54) is 29.4 Å². The third-order valence-corrected chi connectivity index (χ3v) is 4.26. The standard InChI is InChI=1S/C18H25NO2/c1-4-8-19-11-16-17(13-6-7-13)14-9-12(5-2)10-15(20-3)18(14)21-16/h9-10,13,19H,4-8,11H2,1-3H3. The molecule has 1 saturated carbocycles. The normalized spacial score (nSPS) is 14.8. The van der Waals surface area contributed by atoms with Gasteiger partial charge in [-0.2, -0.15) is 0 Å². The van der Waals surface area contributed by atoms with Crippen molar-refractivity contribution < 1.29 is 9.15 Å². The summed E-state index contributed by atoms with van der Waals surface area (Å²) < 4.78 is 11.7. The highest BCUT2D eigenvalue weighted by atomic mass is 16.5. The summed E-state index contributed by atoms with van der Waals surface area (Å²) in [6, 6.07) is 4.39. The minimum Gasteiger partial charge on any atom is -0.493 e. The van der Waals surface area contributed by atoms with E-state index in [9.17, 15) is 0 Å². The Morgan fingerprint density at radius 3 is 2.71 bits per heavy atom. The van der Waals surface area contributed by atoms with Crippen molar-refractivity contribution in [3.8, 4) is 5.75 Å². The van der Waals surface area contributed by atoms with Crippen molar-refractivity contribution in [2.24, 2.45) is 0 Å². The van der Waals surface area contributed by atoms with E-state index >= 15 is 0 Å². The number of ether oxygens (including phenoxy) is 1. The molecule has 3 rings (SSSR count). The van der Waals surface area contributed by atoms with E-state index < -0.39 is 0 Å². The van der Waals surface area contributed by atoms with Crippen molar-refractivity contribution in [3.63, 3.8) is 0 Å². The first-order valence-electron chi connectivity index (χ1n) is 8.11. The van der Waals surface area contributed by atoms with Crippen LogP contribution in [0.1, 0.15) is 55.9 Å². The average Bonchev–Trinajstić information content (AvgIpc) is 3.27. The summed E-state index contributed by atoms with van der Waals surface area (Å²) in [6.45, 7) is 6.21. The minimum absolute atomic E-state index is 0.682. The molecule has 0 unspecified atom stereocenters. The predicted octanol–water partition coefficient (Wildman–Crippen LogP) is 4.38. The van der Waals surface area contributed by atoms with Crippen molar-refractivity contribution in [1.82, 2.24) is 5.32 Å². The fraction of sp³-hybridized carbons (Fsp3) is 0.556. The molecule has 1 N–H and O–H groups in total. The van der Waals surface area contributed by atoms with Gasteiger partial charge in [0, 0.05) is 10.9 Å². The van der Waals surface area contributed by atoms with Crippen molar-refractivity contribution in [2.45, 2.75) is 52.0 Å². The second kappa shape index (κ2) is 6.10. The summed E-state index contributed by atoms with van der Waals surface area (Å²) in [5.74, 6) is 2.65. The van der Waals surface area contributed by atoms with E-state index in [1.54, 1.807) is 7.11 Å². The van der Waals surface area contributed by atoms with Gasteiger partial charge in [0.25, 0.3) is 0 Å². The molecule has 0 spiro atoms. The van der Waals surface area contributed by atoms with Crippen LogP contribution in [0.3, 0.4) is 0 Å². The lowest BCUT2D eigenvalue weighted by Crippen LogP contribution is -2.14. The van der Waals surface area contributed by atoms with Gasteiger partial charge < -0.3 is 14.5 Å². The van der Waals surface area contributed by atoms with E-state index in [4.69, 9.17) is 9.15 Å². The highest BCUT2D eigenvalue weighted by Crippen LogP contribution is 2.48. The van der Waals surface area contributed by atoms with Gasteiger partial charge in [0.2, 0.25) is 0 Å². The lowest BCUT2D eigenvalue weighted by atomic mass is 10.0. The Labute approximate surface area is 126 Å². The van der Waals surface area contributed by atoms with Crippen LogP contribution in [0.2, 0.25) is 0 Å². The van der Waals surface area contributed by atoms with E-state index in [0.29, 0.717) is 5.92 Å². The van der Waals surface area contributed by atoms with Crippen LogP contribution in [0.4, 0.5) is 0 Å². The first kappa shape index (κ1) is 14.5. The first-order valence-corrected chi connectivity index (χ1v) is 8.11. The molecule has 1 heterocycles. The molecular formula is C18H25NO2. The van der Waals surface area contributed by atoms with Gasteiger partial charge >= 0.3 is 0 Å². The molecule has 3 nitrogen and oxygen atoms in total. The summed E-state index contributed by atoms with van der Waals surface area (Å²) in [5, 5.41) is 4.73.